The van der Waals surface area contributed by atoms with Crippen molar-refractivity contribution in [2.75, 3.05) is 6.54 Å². The molecule has 0 fully saturated rings. The fourth-order valence-corrected chi connectivity index (χ4v) is 1.29. The van der Waals surface area contributed by atoms with E-state index in [-0.39, 0.29) is 16.3 Å². The van der Waals surface area contributed by atoms with Crippen LogP contribution in [0.1, 0.15) is 27.7 Å². The van der Waals surface area contributed by atoms with Crippen LogP contribution in [0.15, 0.2) is 12.7 Å². The maximum absolute atomic E-state index is 11.7. The Labute approximate surface area is 89.1 Å². The SMILES string of the molecule is C=CCN(C(=O)C(C)Br)C(C)(C)C. The molecule has 3 heteroatoms. The van der Waals surface area contributed by atoms with Crippen molar-refractivity contribution in [2.45, 2.75) is 38.1 Å². The molecule has 1 amide bonds. The van der Waals surface area contributed by atoms with Crippen molar-refractivity contribution in [1.82, 2.24) is 4.90 Å². The third kappa shape index (κ3) is 3.94. The lowest BCUT2D eigenvalue weighted by molar-refractivity contribution is -0.134. The van der Waals surface area contributed by atoms with E-state index in [0.717, 1.165) is 0 Å². The van der Waals surface area contributed by atoms with E-state index in [1.807, 2.05) is 27.7 Å². The molecule has 0 aliphatic carbocycles. The summed E-state index contributed by atoms with van der Waals surface area (Å²) in [5.41, 5.74) is -0.146. The van der Waals surface area contributed by atoms with Gasteiger partial charge in [0.05, 0.1) is 4.83 Å². The standard InChI is InChI=1S/C10H18BrNO/c1-6-7-12(10(3,4)5)9(13)8(2)11/h6,8H,1,7H2,2-5H3. The molecule has 0 aromatic carbocycles. The highest BCUT2D eigenvalue weighted by atomic mass is 79.9. The zero-order chi connectivity index (χ0) is 10.6. The molecule has 0 rings (SSSR count). The van der Waals surface area contributed by atoms with Crippen molar-refractivity contribution in [2.24, 2.45) is 0 Å². The fourth-order valence-electron chi connectivity index (χ4n) is 1.04. The molecule has 0 N–H and O–H groups in total. The van der Waals surface area contributed by atoms with Crippen LogP contribution < -0.4 is 0 Å². The zero-order valence-electron chi connectivity index (χ0n) is 8.80. The minimum Gasteiger partial charge on any atom is -0.333 e. The monoisotopic (exact) mass is 247 g/mol. The summed E-state index contributed by atoms with van der Waals surface area (Å²) in [5, 5.41) is 0. The van der Waals surface area contributed by atoms with E-state index >= 15 is 0 Å². The van der Waals surface area contributed by atoms with Gasteiger partial charge in [0.15, 0.2) is 0 Å². The molecule has 0 radical (unpaired) electrons. The Morgan fingerprint density at radius 3 is 2.31 bits per heavy atom. The lowest BCUT2D eigenvalue weighted by Crippen LogP contribution is -2.48. The molecule has 0 aliphatic rings. The first-order chi connectivity index (χ1) is 5.80. The van der Waals surface area contributed by atoms with Crippen molar-refractivity contribution in [1.29, 1.82) is 0 Å². The molecular weight excluding hydrogens is 230 g/mol. The van der Waals surface area contributed by atoms with Crippen molar-refractivity contribution in [3.05, 3.63) is 12.7 Å². The molecule has 0 saturated heterocycles. The highest BCUT2D eigenvalue weighted by Gasteiger charge is 2.27. The number of hydrogen-bond donors (Lipinski definition) is 0. The van der Waals surface area contributed by atoms with Gasteiger partial charge in [-0.05, 0) is 27.7 Å². The summed E-state index contributed by atoms with van der Waals surface area (Å²) in [4.78, 5) is 13.4. The number of amides is 1. The maximum atomic E-state index is 11.7. The Morgan fingerprint density at radius 2 is 2.08 bits per heavy atom. The van der Waals surface area contributed by atoms with E-state index in [1.165, 1.54) is 0 Å². The van der Waals surface area contributed by atoms with Crippen LogP contribution in [-0.2, 0) is 4.79 Å². The summed E-state index contributed by atoms with van der Waals surface area (Å²) in [7, 11) is 0. The minimum atomic E-state index is -0.146. The summed E-state index contributed by atoms with van der Waals surface area (Å²) in [6, 6.07) is 0. The second-order valence-corrected chi connectivity index (χ2v) is 5.40. The maximum Gasteiger partial charge on any atom is 0.236 e. The van der Waals surface area contributed by atoms with Crippen LogP contribution in [0.25, 0.3) is 0 Å². The Morgan fingerprint density at radius 1 is 1.62 bits per heavy atom. The van der Waals surface area contributed by atoms with Gasteiger partial charge in [0.25, 0.3) is 0 Å². The Hall–Kier alpha value is -0.310. The lowest BCUT2D eigenvalue weighted by atomic mass is 10.1. The third-order valence-electron chi connectivity index (χ3n) is 1.73. The molecular formula is C10H18BrNO. The molecule has 0 aromatic rings. The summed E-state index contributed by atoms with van der Waals surface area (Å²) >= 11 is 3.28. The highest BCUT2D eigenvalue weighted by molar-refractivity contribution is 9.10. The fraction of sp³-hybridized carbons (Fsp3) is 0.700. The molecule has 0 bridgehead atoms. The smallest absolute Gasteiger partial charge is 0.236 e. The van der Waals surface area contributed by atoms with Gasteiger partial charge < -0.3 is 4.90 Å². The van der Waals surface area contributed by atoms with Crippen LogP contribution >= 0.6 is 15.9 Å². The number of rotatable bonds is 3. The van der Waals surface area contributed by atoms with Crippen molar-refractivity contribution < 1.29 is 4.79 Å². The summed E-state index contributed by atoms with van der Waals surface area (Å²) in [6.07, 6.45) is 1.75. The van der Waals surface area contributed by atoms with E-state index < -0.39 is 0 Å². The quantitative estimate of drug-likeness (QED) is 0.555. The Balaban J connectivity index is 4.61. The van der Waals surface area contributed by atoms with E-state index in [4.69, 9.17) is 0 Å². The largest absolute Gasteiger partial charge is 0.333 e. The molecule has 1 unspecified atom stereocenters. The van der Waals surface area contributed by atoms with E-state index in [0.29, 0.717) is 6.54 Å². The van der Waals surface area contributed by atoms with Crippen LogP contribution in [0.4, 0.5) is 0 Å². The number of nitrogens with zero attached hydrogens (tertiary/aromatic N) is 1. The van der Waals surface area contributed by atoms with Gasteiger partial charge in [0.1, 0.15) is 0 Å². The molecule has 2 nitrogen and oxygen atoms in total. The van der Waals surface area contributed by atoms with Crippen LogP contribution in [0, 0.1) is 0 Å². The molecule has 0 saturated carbocycles. The predicted octanol–water partition coefficient (Wildman–Crippen LogP) is 2.58. The Kier molecular flexibility index (Phi) is 4.68. The second-order valence-electron chi connectivity index (χ2n) is 4.02. The first-order valence-corrected chi connectivity index (χ1v) is 5.28. The van der Waals surface area contributed by atoms with Crippen molar-refractivity contribution in [3.63, 3.8) is 0 Å². The number of halogens is 1. The summed E-state index contributed by atoms with van der Waals surface area (Å²) in [6.45, 7) is 12.1. The highest BCUT2D eigenvalue weighted by Crippen LogP contribution is 2.16. The number of hydrogen-bond acceptors (Lipinski definition) is 1. The van der Waals surface area contributed by atoms with E-state index in [1.54, 1.807) is 11.0 Å². The van der Waals surface area contributed by atoms with Crippen LogP contribution in [0.5, 0.6) is 0 Å². The molecule has 1 atom stereocenters. The summed E-state index contributed by atoms with van der Waals surface area (Å²) < 4.78 is 0. The van der Waals surface area contributed by atoms with Gasteiger partial charge in [-0.15, -0.1) is 6.58 Å². The van der Waals surface area contributed by atoms with Gasteiger partial charge >= 0.3 is 0 Å². The average Bonchev–Trinajstić information content (AvgIpc) is 1.96. The van der Waals surface area contributed by atoms with Crippen LogP contribution in [-0.4, -0.2) is 27.7 Å². The zero-order valence-corrected chi connectivity index (χ0v) is 10.4. The van der Waals surface area contributed by atoms with Gasteiger partial charge in [0.2, 0.25) is 5.91 Å². The summed E-state index contributed by atoms with van der Waals surface area (Å²) in [5.74, 6) is 0.104. The van der Waals surface area contributed by atoms with Gasteiger partial charge in [-0.3, -0.25) is 4.79 Å². The average molecular weight is 248 g/mol. The number of alkyl halides is 1. The van der Waals surface area contributed by atoms with Gasteiger partial charge in [-0.25, -0.2) is 0 Å². The second kappa shape index (κ2) is 4.80. The molecule has 0 aliphatic heterocycles. The lowest BCUT2D eigenvalue weighted by Gasteiger charge is -2.35. The van der Waals surface area contributed by atoms with Crippen LogP contribution in [0.3, 0.4) is 0 Å². The van der Waals surface area contributed by atoms with E-state index in [2.05, 4.69) is 22.5 Å². The third-order valence-corrected chi connectivity index (χ3v) is 2.12. The van der Waals surface area contributed by atoms with Crippen LogP contribution in [0.2, 0.25) is 0 Å². The predicted molar refractivity (Wildman–Crippen MR) is 60.1 cm³/mol. The van der Waals surface area contributed by atoms with Crippen molar-refractivity contribution >= 4 is 21.8 Å². The molecule has 0 aromatic heterocycles. The molecule has 76 valence electrons. The van der Waals surface area contributed by atoms with Gasteiger partial charge in [-0.2, -0.15) is 0 Å². The Bertz CT molecular complexity index is 194. The topological polar surface area (TPSA) is 20.3 Å². The first-order valence-electron chi connectivity index (χ1n) is 4.37. The first kappa shape index (κ1) is 12.7. The normalized spacial score (nSPS) is 13.6. The van der Waals surface area contributed by atoms with Gasteiger partial charge in [0, 0.05) is 12.1 Å². The molecule has 0 spiro atoms. The number of carbonyl (C=O) groups is 1. The van der Waals surface area contributed by atoms with E-state index in [9.17, 15) is 4.79 Å². The van der Waals surface area contributed by atoms with Crippen molar-refractivity contribution in [3.8, 4) is 0 Å². The molecule has 13 heavy (non-hydrogen) atoms. The number of carbonyl (C=O) groups excluding carboxylic acids is 1. The minimum absolute atomic E-state index is 0.104. The van der Waals surface area contributed by atoms with Gasteiger partial charge in [-0.1, -0.05) is 22.0 Å². The molecule has 0 heterocycles.